The van der Waals surface area contributed by atoms with Gasteiger partial charge in [0.25, 0.3) is 0 Å². The molecule has 0 spiro atoms. The molecule has 74 valence electrons. The Labute approximate surface area is 75.5 Å². The monoisotopic (exact) mass is 206 g/mol. The number of rotatable bonds is 1. The average Bonchev–Trinajstić information content (AvgIpc) is 1.99. The minimum Gasteiger partial charge on any atom is -0.388 e. The predicted molar refractivity (Wildman–Crippen MR) is 35.6 cm³/mol. The van der Waals surface area contributed by atoms with E-state index in [1.807, 2.05) is 0 Å². The third kappa shape index (κ3) is 2.90. The van der Waals surface area contributed by atoms with Crippen LogP contribution in [-0.2, 0) is 0 Å². The fourth-order valence-electron chi connectivity index (χ4n) is 0.702. The number of halogens is 4. The van der Waals surface area contributed by atoms with Gasteiger partial charge in [0.1, 0.15) is 17.6 Å². The van der Waals surface area contributed by atoms with Crippen molar-refractivity contribution in [1.29, 1.82) is 5.26 Å². The van der Waals surface area contributed by atoms with Gasteiger partial charge in [0.15, 0.2) is 0 Å². The molecule has 0 fully saturated rings. The van der Waals surface area contributed by atoms with Crippen LogP contribution in [0.2, 0.25) is 0 Å². The molecule has 0 saturated heterocycles. The minimum atomic E-state index is -4.95. The van der Waals surface area contributed by atoms with E-state index in [1.54, 1.807) is 0 Å². The van der Waals surface area contributed by atoms with E-state index in [0.717, 1.165) is 0 Å². The van der Waals surface area contributed by atoms with Gasteiger partial charge in [-0.1, -0.05) is 0 Å². The molecule has 1 aromatic rings. The Bertz CT molecular complexity index is 382. The number of ether oxygens (including phenoxy) is 1. The summed E-state index contributed by atoms with van der Waals surface area (Å²) >= 11 is 0. The van der Waals surface area contributed by atoms with Gasteiger partial charge < -0.3 is 4.74 Å². The lowest BCUT2D eigenvalue weighted by Gasteiger charge is -2.07. The van der Waals surface area contributed by atoms with E-state index in [9.17, 15) is 17.6 Å². The number of nitrogens with zero attached hydrogens (tertiary/aromatic N) is 2. The van der Waals surface area contributed by atoms with Gasteiger partial charge in [0, 0.05) is 12.1 Å². The third-order valence-electron chi connectivity index (χ3n) is 1.10. The summed E-state index contributed by atoms with van der Waals surface area (Å²) in [5.41, 5.74) is -0.482. The van der Waals surface area contributed by atoms with Crippen LogP contribution in [0.25, 0.3) is 0 Å². The van der Waals surface area contributed by atoms with E-state index in [2.05, 4.69) is 9.72 Å². The lowest BCUT2D eigenvalue weighted by atomic mass is 10.3. The van der Waals surface area contributed by atoms with E-state index in [4.69, 9.17) is 5.26 Å². The Hall–Kier alpha value is -1.84. The Morgan fingerprint density at radius 3 is 2.50 bits per heavy atom. The van der Waals surface area contributed by atoms with Crippen molar-refractivity contribution in [3.05, 3.63) is 23.6 Å². The van der Waals surface area contributed by atoms with E-state index in [1.165, 1.54) is 6.07 Å². The second-order valence-corrected chi connectivity index (χ2v) is 2.17. The zero-order chi connectivity index (χ0) is 10.8. The van der Waals surface area contributed by atoms with Crippen molar-refractivity contribution >= 4 is 0 Å². The van der Waals surface area contributed by atoms with Gasteiger partial charge in [0.2, 0.25) is 5.88 Å². The largest absolute Gasteiger partial charge is 0.574 e. The highest BCUT2D eigenvalue weighted by Crippen LogP contribution is 2.21. The van der Waals surface area contributed by atoms with Crippen molar-refractivity contribution in [2.75, 3.05) is 0 Å². The highest BCUT2D eigenvalue weighted by molar-refractivity contribution is 5.26. The van der Waals surface area contributed by atoms with Crippen molar-refractivity contribution in [1.82, 2.24) is 4.98 Å². The molecule has 1 heterocycles. The third-order valence-corrected chi connectivity index (χ3v) is 1.10. The van der Waals surface area contributed by atoms with Gasteiger partial charge >= 0.3 is 6.36 Å². The van der Waals surface area contributed by atoms with Crippen LogP contribution in [0.3, 0.4) is 0 Å². The fraction of sp³-hybridized carbons (Fsp3) is 0.143. The molecule has 0 radical (unpaired) electrons. The summed E-state index contributed by atoms with van der Waals surface area (Å²) in [6.07, 6.45) is -4.95. The van der Waals surface area contributed by atoms with Gasteiger partial charge in [-0.15, -0.1) is 13.2 Å². The van der Waals surface area contributed by atoms with Gasteiger partial charge in [0.05, 0.1) is 0 Å². The smallest absolute Gasteiger partial charge is 0.388 e. The van der Waals surface area contributed by atoms with Crippen molar-refractivity contribution in [3.63, 3.8) is 0 Å². The van der Waals surface area contributed by atoms with Gasteiger partial charge in [-0.05, 0) is 0 Å². The van der Waals surface area contributed by atoms with Crippen LogP contribution in [0.15, 0.2) is 12.1 Å². The first-order valence-corrected chi connectivity index (χ1v) is 3.24. The fourth-order valence-corrected chi connectivity index (χ4v) is 0.702. The van der Waals surface area contributed by atoms with Gasteiger partial charge in [-0.3, -0.25) is 0 Å². The molecular formula is C7H2F4N2O. The van der Waals surface area contributed by atoms with Crippen LogP contribution in [0, 0.1) is 17.1 Å². The molecule has 0 unspecified atom stereocenters. The lowest BCUT2D eigenvalue weighted by molar-refractivity contribution is -0.276. The molecule has 0 aliphatic rings. The molecule has 1 aromatic heterocycles. The van der Waals surface area contributed by atoms with E-state index in [-0.39, 0.29) is 0 Å². The molecule has 3 nitrogen and oxygen atoms in total. The van der Waals surface area contributed by atoms with Crippen LogP contribution in [0.4, 0.5) is 17.6 Å². The van der Waals surface area contributed by atoms with E-state index in [0.29, 0.717) is 12.1 Å². The molecule has 7 heteroatoms. The SMILES string of the molecule is N#Cc1cc(F)cc(OC(F)(F)F)n1. The number of pyridine rings is 1. The van der Waals surface area contributed by atoms with E-state index >= 15 is 0 Å². The summed E-state index contributed by atoms with van der Waals surface area (Å²) in [6, 6.07) is 2.53. The first-order chi connectivity index (χ1) is 6.40. The number of nitriles is 1. The van der Waals surface area contributed by atoms with Crippen LogP contribution >= 0.6 is 0 Å². The van der Waals surface area contributed by atoms with Crippen molar-refractivity contribution in [3.8, 4) is 11.9 Å². The van der Waals surface area contributed by atoms with Crippen molar-refractivity contribution in [2.45, 2.75) is 6.36 Å². The van der Waals surface area contributed by atoms with Gasteiger partial charge in [-0.25, -0.2) is 9.37 Å². The molecule has 0 bridgehead atoms. The number of hydrogen-bond donors (Lipinski definition) is 0. The Kier molecular flexibility index (Phi) is 2.56. The van der Waals surface area contributed by atoms with Crippen LogP contribution in [-0.4, -0.2) is 11.3 Å². The maximum absolute atomic E-state index is 12.6. The van der Waals surface area contributed by atoms with Crippen LogP contribution < -0.4 is 4.74 Å². The second kappa shape index (κ2) is 3.49. The number of hydrogen-bond acceptors (Lipinski definition) is 3. The molecule has 0 N–H and O–H groups in total. The Balaban J connectivity index is 3.00. The second-order valence-electron chi connectivity index (χ2n) is 2.17. The lowest BCUT2D eigenvalue weighted by Crippen LogP contribution is -2.18. The summed E-state index contributed by atoms with van der Waals surface area (Å²) in [5, 5.41) is 8.27. The molecule has 0 atom stereocenters. The van der Waals surface area contributed by atoms with Crippen molar-refractivity contribution in [2.24, 2.45) is 0 Å². The molecule has 0 aromatic carbocycles. The number of alkyl halides is 3. The zero-order valence-electron chi connectivity index (χ0n) is 6.47. The standard InChI is InChI=1S/C7H2F4N2O/c8-4-1-5(3-12)13-6(2-4)14-7(9,10)11/h1-2H. The zero-order valence-corrected chi connectivity index (χ0v) is 6.47. The van der Waals surface area contributed by atoms with Crippen LogP contribution in [0.1, 0.15) is 5.69 Å². The summed E-state index contributed by atoms with van der Waals surface area (Å²) in [4.78, 5) is 3.09. The topological polar surface area (TPSA) is 45.9 Å². The summed E-state index contributed by atoms with van der Waals surface area (Å²) in [7, 11) is 0. The normalized spacial score (nSPS) is 10.8. The molecule has 0 amide bonds. The minimum absolute atomic E-state index is 0.439. The summed E-state index contributed by atoms with van der Waals surface area (Å²) in [6.45, 7) is 0. The maximum atomic E-state index is 12.6. The van der Waals surface area contributed by atoms with E-state index < -0.39 is 23.8 Å². The first kappa shape index (κ1) is 10.2. The first-order valence-electron chi connectivity index (χ1n) is 3.24. The summed E-state index contributed by atoms with van der Waals surface area (Å²) < 4.78 is 50.8. The Morgan fingerprint density at radius 2 is 2.00 bits per heavy atom. The molecule has 0 aliphatic carbocycles. The molecule has 14 heavy (non-hydrogen) atoms. The van der Waals surface area contributed by atoms with Crippen molar-refractivity contribution < 1.29 is 22.3 Å². The highest BCUT2D eigenvalue weighted by atomic mass is 19.4. The maximum Gasteiger partial charge on any atom is 0.574 e. The average molecular weight is 206 g/mol. The molecule has 0 saturated carbocycles. The molecule has 1 rings (SSSR count). The van der Waals surface area contributed by atoms with Crippen LogP contribution in [0.5, 0.6) is 5.88 Å². The summed E-state index contributed by atoms with van der Waals surface area (Å²) in [5.74, 6) is -2.01. The number of aromatic nitrogens is 1. The quantitative estimate of drug-likeness (QED) is 0.660. The predicted octanol–water partition coefficient (Wildman–Crippen LogP) is 1.99. The molecular weight excluding hydrogens is 204 g/mol. The Morgan fingerprint density at radius 1 is 1.36 bits per heavy atom. The molecule has 0 aliphatic heterocycles. The van der Waals surface area contributed by atoms with Gasteiger partial charge in [-0.2, -0.15) is 5.26 Å². The highest BCUT2D eigenvalue weighted by Gasteiger charge is 2.32.